The predicted molar refractivity (Wildman–Crippen MR) is 137 cm³/mol. The van der Waals surface area contributed by atoms with Gasteiger partial charge in [0.25, 0.3) is 0 Å². The fraction of sp³-hybridized carbons (Fsp3) is 0.250. The zero-order valence-electron chi connectivity index (χ0n) is 19.9. The van der Waals surface area contributed by atoms with E-state index in [1.54, 1.807) is 20.3 Å². The minimum atomic E-state index is -0.103. The molecule has 0 aliphatic carbocycles. The number of halogens is 1. The van der Waals surface area contributed by atoms with Crippen LogP contribution in [0.4, 0.5) is 0 Å². The van der Waals surface area contributed by atoms with Crippen LogP contribution in [0.5, 0.6) is 23.0 Å². The number of nitrogens with zero attached hydrogens (tertiary/aromatic N) is 1. The van der Waals surface area contributed by atoms with Crippen molar-refractivity contribution in [3.05, 3.63) is 86.6 Å². The van der Waals surface area contributed by atoms with Crippen molar-refractivity contribution in [1.82, 2.24) is 4.90 Å². The Bertz CT molecular complexity index is 1330. The summed E-state index contributed by atoms with van der Waals surface area (Å²) in [6, 6.07) is 15.7. The van der Waals surface area contributed by atoms with Crippen LogP contribution in [-0.2, 0) is 13.0 Å². The average Bonchev–Trinajstić information content (AvgIpc) is 3.17. The van der Waals surface area contributed by atoms with Crippen LogP contribution < -0.4 is 18.9 Å². The zero-order chi connectivity index (χ0) is 24.5. The summed E-state index contributed by atoms with van der Waals surface area (Å²) < 4.78 is 23.8. The third-order valence-corrected chi connectivity index (χ3v) is 6.81. The second-order valence-electron chi connectivity index (χ2n) is 8.63. The number of allylic oxidation sites excluding steroid dienone is 1. The number of Topliss-reactive ketones (excluding diaryl/α,β-unsaturated/α-hetero) is 1. The summed E-state index contributed by atoms with van der Waals surface area (Å²) in [7, 11) is 3.27. The van der Waals surface area contributed by atoms with Crippen LogP contribution in [0.1, 0.15) is 32.6 Å². The number of ketones is 1. The summed E-state index contributed by atoms with van der Waals surface area (Å²) >= 11 is 3.47. The quantitative estimate of drug-likeness (QED) is 0.372. The first kappa shape index (κ1) is 23.5. The first-order chi connectivity index (χ1) is 17.0. The van der Waals surface area contributed by atoms with Gasteiger partial charge in [-0.3, -0.25) is 9.69 Å². The van der Waals surface area contributed by atoms with Crippen molar-refractivity contribution in [3.63, 3.8) is 0 Å². The van der Waals surface area contributed by atoms with Gasteiger partial charge in [-0.15, -0.1) is 0 Å². The van der Waals surface area contributed by atoms with Crippen molar-refractivity contribution < 1.29 is 23.7 Å². The van der Waals surface area contributed by atoms with Crippen molar-refractivity contribution in [1.29, 1.82) is 0 Å². The van der Waals surface area contributed by atoms with E-state index in [1.165, 1.54) is 0 Å². The maximum atomic E-state index is 13.1. The molecule has 0 unspecified atom stereocenters. The number of carbonyl (C=O) groups excluding carboxylic acids is 1. The predicted octanol–water partition coefficient (Wildman–Crippen LogP) is 5.79. The van der Waals surface area contributed by atoms with Gasteiger partial charge in [-0.05, 0) is 60.9 Å². The van der Waals surface area contributed by atoms with Crippen LogP contribution in [0.15, 0.2) is 58.8 Å². The van der Waals surface area contributed by atoms with E-state index in [2.05, 4.69) is 20.8 Å². The molecule has 7 heteroatoms. The zero-order valence-corrected chi connectivity index (χ0v) is 21.5. The van der Waals surface area contributed by atoms with Crippen LogP contribution in [0, 0.1) is 6.92 Å². The molecular formula is C28H26BrNO5. The molecule has 3 aromatic rings. The standard InChI is InChI=1S/C28H26BrNO5/c1-17-27-20(14-22-26(31)25(35-28(17)22)13-19-5-4-6-21(29)11-19)15-30(16-34-27)10-9-18-7-8-23(32-2)24(12-18)33-3/h4-8,11-14H,9-10,15-16H2,1-3H3/b25-13-. The van der Waals surface area contributed by atoms with Crippen molar-refractivity contribution in [3.8, 4) is 23.0 Å². The molecular weight excluding hydrogens is 510 g/mol. The molecule has 0 radical (unpaired) electrons. The SMILES string of the molecule is COc1ccc(CCN2COc3c(cc4c(c3C)O/C(=C\c3cccc(Br)c3)C4=O)C2)cc1OC. The molecule has 0 amide bonds. The van der Waals surface area contributed by atoms with Gasteiger partial charge >= 0.3 is 0 Å². The third kappa shape index (κ3) is 4.66. The molecule has 3 aromatic carbocycles. The first-order valence-electron chi connectivity index (χ1n) is 11.4. The molecule has 0 atom stereocenters. The lowest BCUT2D eigenvalue weighted by atomic mass is 10.00. The van der Waals surface area contributed by atoms with Gasteiger partial charge in [-0.1, -0.05) is 34.1 Å². The van der Waals surface area contributed by atoms with Gasteiger partial charge in [0.2, 0.25) is 5.78 Å². The summed E-state index contributed by atoms with van der Waals surface area (Å²) in [5, 5.41) is 0. The number of hydrogen-bond donors (Lipinski definition) is 0. The molecule has 0 saturated carbocycles. The number of hydrogen-bond acceptors (Lipinski definition) is 6. The summed E-state index contributed by atoms with van der Waals surface area (Å²) in [5.74, 6) is 3.07. The van der Waals surface area contributed by atoms with E-state index in [0.29, 0.717) is 30.3 Å². The lowest BCUT2D eigenvalue weighted by Crippen LogP contribution is -2.34. The van der Waals surface area contributed by atoms with E-state index in [4.69, 9.17) is 18.9 Å². The summed E-state index contributed by atoms with van der Waals surface area (Å²) in [5.41, 5.74) is 4.51. The molecule has 0 N–H and O–H groups in total. The van der Waals surface area contributed by atoms with Crippen LogP contribution >= 0.6 is 15.9 Å². The smallest absolute Gasteiger partial charge is 0.231 e. The number of fused-ring (bicyclic) bond motifs is 2. The highest BCUT2D eigenvalue weighted by atomic mass is 79.9. The van der Waals surface area contributed by atoms with Crippen LogP contribution in [0.3, 0.4) is 0 Å². The van der Waals surface area contributed by atoms with Gasteiger partial charge in [-0.2, -0.15) is 0 Å². The fourth-order valence-electron chi connectivity index (χ4n) is 4.51. The van der Waals surface area contributed by atoms with Crippen LogP contribution in [-0.4, -0.2) is 38.2 Å². The van der Waals surface area contributed by atoms with E-state index in [-0.39, 0.29) is 5.78 Å². The number of rotatable bonds is 6. The Morgan fingerprint density at radius 1 is 1.06 bits per heavy atom. The lowest BCUT2D eigenvalue weighted by molar-refractivity contribution is 0.0953. The topological polar surface area (TPSA) is 57.2 Å². The monoisotopic (exact) mass is 535 g/mol. The second-order valence-corrected chi connectivity index (χ2v) is 9.54. The molecule has 5 rings (SSSR count). The molecule has 0 spiro atoms. The van der Waals surface area contributed by atoms with Gasteiger partial charge < -0.3 is 18.9 Å². The molecule has 2 aliphatic heterocycles. The molecule has 0 aromatic heterocycles. The largest absolute Gasteiger partial charge is 0.493 e. The molecule has 35 heavy (non-hydrogen) atoms. The molecule has 0 saturated heterocycles. The van der Waals surface area contributed by atoms with Crippen LogP contribution in [0.25, 0.3) is 6.08 Å². The van der Waals surface area contributed by atoms with E-state index in [9.17, 15) is 4.79 Å². The maximum absolute atomic E-state index is 13.1. The van der Waals surface area contributed by atoms with Crippen molar-refractivity contribution in [2.24, 2.45) is 0 Å². The van der Waals surface area contributed by atoms with Gasteiger partial charge in [-0.25, -0.2) is 0 Å². The Hall–Kier alpha value is -3.29. The Morgan fingerprint density at radius 3 is 2.66 bits per heavy atom. The Kier molecular flexibility index (Phi) is 6.54. The number of carbonyl (C=O) groups is 1. The number of benzene rings is 3. The van der Waals surface area contributed by atoms with Gasteiger partial charge in [0.1, 0.15) is 18.2 Å². The maximum Gasteiger partial charge on any atom is 0.231 e. The number of ether oxygens (including phenoxy) is 4. The molecule has 0 fully saturated rings. The highest BCUT2D eigenvalue weighted by Gasteiger charge is 2.33. The van der Waals surface area contributed by atoms with Crippen molar-refractivity contribution >= 4 is 27.8 Å². The van der Waals surface area contributed by atoms with E-state index in [1.807, 2.05) is 55.5 Å². The van der Waals surface area contributed by atoms with Crippen molar-refractivity contribution in [2.75, 3.05) is 27.5 Å². The summed E-state index contributed by atoms with van der Waals surface area (Å²) in [6.07, 6.45) is 2.62. The van der Waals surface area contributed by atoms with Gasteiger partial charge in [0.05, 0.1) is 19.8 Å². The third-order valence-electron chi connectivity index (χ3n) is 6.31. The highest BCUT2D eigenvalue weighted by Crippen LogP contribution is 2.43. The molecule has 6 nitrogen and oxygen atoms in total. The van der Waals surface area contributed by atoms with Crippen LogP contribution in [0.2, 0.25) is 0 Å². The van der Waals surface area contributed by atoms with Crippen molar-refractivity contribution in [2.45, 2.75) is 19.9 Å². The molecule has 180 valence electrons. The second kappa shape index (κ2) is 9.76. The Morgan fingerprint density at radius 2 is 1.89 bits per heavy atom. The van der Waals surface area contributed by atoms with Gasteiger partial charge in [0.15, 0.2) is 17.3 Å². The molecule has 2 heterocycles. The average molecular weight is 536 g/mol. The summed E-state index contributed by atoms with van der Waals surface area (Å²) in [6.45, 7) is 3.94. The number of methoxy groups -OCH3 is 2. The Balaban J connectivity index is 1.33. The van der Waals surface area contributed by atoms with Gasteiger partial charge in [0, 0.05) is 28.7 Å². The molecule has 2 aliphatic rings. The normalized spacial score (nSPS) is 15.9. The highest BCUT2D eigenvalue weighted by molar-refractivity contribution is 9.10. The Labute approximate surface area is 213 Å². The van der Waals surface area contributed by atoms with E-state index < -0.39 is 0 Å². The molecule has 0 bridgehead atoms. The first-order valence-corrected chi connectivity index (χ1v) is 12.2. The van der Waals surface area contributed by atoms with E-state index in [0.717, 1.165) is 56.9 Å². The fourth-order valence-corrected chi connectivity index (χ4v) is 4.93. The summed E-state index contributed by atoms with van der Waals surface area (Å²) in [4.78, 5) is 15.4. The lowest BCUT2D eigenvalue weighted by Gasteiger charge is -2.30. The van der Waals surface area contributed by atoms with E-state index >= 15 is 0 Å². The minimum Gasteiger partial charge on any atom is -0.493 e. The minimum absolute atomic E-state index is 0.103.